The summed E-state index contributed by atoms with van der Waals surface area (Å²) in [7, 11) is 0. The zero-order chi connectivity index (χ0) is 21.5. The van der Waals surface area contributed by atoms with Crippen molar-refractivity contribution in [3.05, 3.63) is 70.0 Å². The SMILES string of the molecule is CCn1c(CNC(=O)c2ccccc2)nnc1SCC(=O)Nc1cccc(Cl)c1Cl. The van der Waals surface area contributed by atoms with Crippen molar-refractivity contribution in [1.82, 2.24) is 20.1 Å². The van der Waals surface area contributed by atoms with Gasteiger partial charge in [-0.15, -0.1) is 10.2 Å². The molecule has 0 radical (unpaired) electrons. The number of hydrogen-bond acceptors (Lipinski definition) is 5. The molecular weight excluding hydrogens is 445 g/mol. The van der Waals surface area contributed by atoms with Crippen LogP contribution in [-0.4, -0.2) is 32.3 Å². The number of halogens is 2. The molecule has 7 nitrogen and oxygen atoms in total. The summed E-state index contributed by atoms with van der Waals surface area (Å²) in [5, 5.41) is 15.1. The normalized spacial score (nSPS) is 10.6. The van der Waals surface area contributed by atoms with E-state index in [2.05, 4.69) is 20.8 Å². The van der Waals surface area contributed by atoms with Crippen molar-refractivity contribution in [2.24, 2.45) is 0 Å². The Morgan fingerprint density at radius 1 is 1.07 bits per heavy atom. The lowest BCUT2D eigenvalue weighted by Crippen LogP contribution is -2.24. The van der Waals surface area contributed by atoms with Crippen LogP contribution in [-0.2, 0) is 17.9 Å². The first-order valence-corrected chi connectivity index (χ1v) is 10.9. The van der Waals surface area contributed by atoms with Gasteiger partial charge < -0.3 is 15.2 Å². The molecule has 0 bridgehead atoms. The smallest absolute Gasteiger partial charge is 0.251 e. The quantitative estimate of drug-likeness (QED) is 0.487. The Bertz CT molecular complexity index is 1040. The highest BCUT2D eigenvalue weighted by molar-refractivity contribution is 7.99. The molecule has 0 aliphatic carbocycles. The van der Waals surface area contributed by atoms with E-state index in [0.717, 1.165) is 0 Å². The minimum absolute atomic E-state index is 0.122. The van der Waals surface area contributed by atoms with Crippen molar-refractivity contribution in [1.29, 1.82) is 0 Å². The zero-order valence-corrected chi connectivity index (χ0v) is 18.4. The van der Waals surface area contributed by atoms with E-state index in [-0.39, 0.29) is 24.1 Å². The predicted octanol–water partition coefficient (Wildman–Crippen LogP) is 4.27. The molecule has 10 heteroatoms. The molecule has 0 saturated heterocycles. The van der Waals surface area contributed by atoms with Gasteiger partial charge in [0, 0.05) is 12.1 Å². The number of nitrogens with zero attached hydrogens (tertiary/aromatic N) is 3. The Labute approximate surface area is 188 Å². The monoisotopic (exact) mass is 463 g/mol. The van der Waals surface area contributed by atoms with Crippen LogP contribution >= 0.6 is 35.0 Å². The number of nitrogens with one attached hydrogen (secondary N) is 2. The van der Waals surface area contributed by atoms with E-state index >= 15 is 0 Å². The van der Waals surface area contributed by atoms with E-state index in [4.69, 9.17) is 23.2 Å². The maximum absolute atomic E-state index is 12.3. The number of amides is 2. The molecule has 2 aromatic carbocycles. The van der Waals surface area contributed by atoms with Crippen molar-refractivity contribution in [3.8, 4) is 0 Å². The number of hydrogen-bond donors (Lipinski definition) is 2. The average molecular weight is 464 g/mol. The zero-order valence-electron chi connectivity index (χ0n) is 16.1. The van der Waals surface area contributed by atoms with Crippen molar-refractivity contribution < 1.29 is 9.59 Å². The standard InChI is InChI=1S/C20H19Cl2N5O2S/c1-2-27-16(11-23-19(29)13-7-4-3-5-8-13)25-26-20(27)30-12-17(28)24-15-10-6-9-14(21)18(15)22/h3-10H,2,11-12H2,1H3,(H,23,29)(H,24,28). The van der Waals surface area contributed by atoms with Crippen molar-refractivity contribution >= 4 is 52.5 Å². The Kier molecular flexibility index (Phi) is 7.73. The molecule has 156 valence electrons. The first-order valence-electron chi connectivity index (χ1n) is 9.11. The van der Waals surface area contributed by atoms with E-state index in [1.165, 1.54) is 11.8 Å². The Hall–Kier alpha value is -2.55. The lowest BCUT2D eigenvalue weighted by Gasteiger charge is -2.09. The van der Waals surface area contributed by atoms with Crippen LogP contribution in [0.3, 0.4) is 0 Å². The van der Waals surface area contributed by atoms with Crippen LogP contribution in [0.4, 0.5) is 5.69 Å². The fraction of sp³-hybridized carbons (Fsp3) is 0.200. The molecule has 1 aromatic heterocycles. The van der Waals surface area contributed by atoms with Gasteiger partial charge in [-0.25, -0.2) is 0 Å². The summed E-state index contributed by atoms with van der Waals surface area (Å²) in [6, 6.07) is 14.0. The largest absolute Gasteiger partial charge is 0.345 e. The molecule has 0 unspecified atom stereocenters. The molecule has 1 heterocycles. The minimum atomic E-state index is -0.242. The molecule has 0 aliphatic heterocycles. The molecule has 0 spiro atoms. The van der Waals surface area contributed by atoms with Gasteiger partial charge in [0.05, 0.1) is 28.0 Å². The maximum atomic E-state index is 12.3. The second kappa shape index (κ2) is 10.5. The summed E-state index contributed by atoms with van der Waals surface area (Å²) in [4.78, 5) is 24.5. The lowest BCUT2D eigenvalue weighted by atomic mass is 10.2. The number of thioether (sulfide) groups is 1. The molecule has 0 fully saturated rings. The Balaban J connectivity index is 1.58. The van der Waals surface area contributed by atoms with Crippen LogP contribution in [0.15, 0.2) is 53.7 Å². The molecule has 0 aliphatic rings. The summed E-state index contributed by atoms with van der Waals surface area (Å²) >= 11 is 13.3. The molecule has 30 heavy (non-hydrogen) atoms. The van der Waals surface area contributed by atoms with Crippen LogP contribution in [0.25, 0.3) is 0 Å². The number of anilines is 1. The molecule has 0 saturated carbocycles. The Morgan fingerprint density at radius 3 is 2.57 bits per heavy atom. The summed E-state index contributed by atoms with van der Waals surface area (Å²) in [6.45, 7) is 2.79. The number of benzene rings is 2. The third-order valence-corrected chi connectivity index (χ3v) is 5.90. The number of rotatable bonds is 8. The number of aromatic nitrogens is 3. The van der Waals surface area contributed by atoms with Gasteiger partial charge in [-0.2, -0.15) is 0 Å². The van der Waals surface area contributed by atoms with Gasteiger partial charge in [0.25, 0.3) is 5.91 Å². The lowest BCUT2D eigenvalue weighted by molar-refractivity contribution is -0.113. The maximum Gasteiger partial charge on any atom is 0.251 e. The van der Waals surface area contributed by atoms with Gasteiger partial charge in [0.2, 0.25) is 5.91 Å². The Morgan fingerprint density at radius 2 is 1.83 bits per heavy atom. The third-order valence-electron chi connectivity index (χ3n) is 4.11. The summed E-state index contributed by atoms with van der Waals surface area (Å²) in [5.41, 5.74) is 1.03. The highest BCUT2D eigenvalue weighted by Crippen LogP contribution is 2.29. The molecule has 0 atom stereocenters. The summed E-state index contributed by atoms with van der Waals surface area (Å²) in [5.74, 6) is 0.307. The van der Waals surface area contributed by atoms with E-state index in [1.807, 2.05) is 17.6 Å². The molecular formula is C20H19Cl2N5O2S. The second-order valence-corrected chi connectivity index (χ2v) is 7.86. The van der Waals surface area contributed by atoms with Crippen LogP contribution in [0.2, 0.25) is 10.0 Å². The van der Waals surface area contributed by atoms with Crippen molar-refractivity contribution in [2.45, 2.75) is 25.2 Å². The van der Waals surface area contributed by atoms with E-state index in [1.54, 1.807) is 42.5 Å². The van der Waals surface area contributed by atoms with Gasteiger partial charge in [0.1, 0.15) is 0 Å². The van der Waals surface area contributed by atoms with Gasteiger partial charge in [-0.1, -0.05) is 59.2 Å². The number of carbonyl (C=O) groups is 2. The second-order valence-electron chi connectivity index (χ2n) is 6.13. The summed E-state index contributed by atoms with van der Waals surface area (Å²) < 4.78 is 1.86. The van der Waals surface area contributed by atoms with Gasteiger partial charge in [-0.3, -0.25) is 9.59 Å². The molecule has 2 amide bonds. The topological polar surface area (TPSA) is 88.9 Å². The number of carbonyl (C=O) groups excluding carboxylic acids is 2. The highest BCUT2D eigenvalue weighted by atomic mass is 35.5. The van der Waals surface area contributed by atoms with E-state index in [9.17, 15) is 9.59 Å². The first kappa shape index (κ1) is 22.1. The molecule has 3 aromatic rings. The fourth-order valence-electron chi connectivity index (χ4n) is 2.64. The van der Waals surface area contributed by atoms with E-state index < -0.39 is 0 Å². The average Bonchev–Trinajstić information content (AvgIpc) is 3.16. The highest BCUT2D eigenvalue weighted by Gasteiger charge is 2.15. The minimum Gasteiger partial charge on any atom is -0.345 e. The van der Waals surface area contributed by atoms with Crippen molar-refractivity contribution in [2.75, 3.05) is 11.1 Å². The third kappa shape index (κ3) is 5.53. The fourth-order valence-corrected chi connectivity index (χ4v) is 3.81. The van der Waals surface area contributed by atoms with Crippen LogP contribution in [0, 0.1) is 0 Å². The molecule has 2 N–H and O–H groups in total. The van der Waals surface area contributed by atoms with Crippen molar-refractivity contribution in [3.63, 3.8) is 0 Å². The van der Waals surface area contributed by atoms with Crippen LogP contribution < -0.4 is 10.6 Å². The summed E-state index contributed by atoms with van der Waals surface area (Å²) in [6.07, 6.45) is 0. The first-order chi connectivity index (χ1) is 14.5. The van der Waals surface area contributed by atoms with Gasteiger partial charge in [0.15, 0.2) is 11.0 Å². The van der Waals surface area contributed by atoms with Crippen LogP contribution in [0.5, 0.6) is 0 Å². The van der Waals surface area contributed by atoms with Crippen LogP contribution in [0.1, 0.15) is 23.1 Å². The van der Waals surface area contributed by atoms with Gasteiger partial charge in [-0.05, 0) is 31.2 Å². The van der Waals surface area contributed by atoms with E-state index in [0.29, 0.717) is 38.8 Å². The molecule has 3 rings (SSSR count). The predicted molar refractivity (Wildman–Crippen MR) is 119 cm³/mol. The van der Waals surface area contributed by atoms with Gasteiger partial charge >= 0.3 is 0 Å².